The van der Waals surface area contributed by atoms with Crippen molar-refractivity contribution in [3.63, 3.8) is 0 Å². The van der Waals surface area contributed by atoms with E-state index >= 15 is 0 Å². The van der Waals surface area contributed by atoms with E-state index in [-0.39, 0.29) is 5.01 Å². The van der Waals surface area contributed by atoms with E-state index in [1.165, 1.54) is 6.20 Å². The standard InChI is InChI=1S/C14H10ClF4N5S2/c15-7-3-6(26-23-14(1-2-14)13(18)19)5-24-8(7)4-20-10(24)12-22-21-11(25-12)9(16)17/h3-5,9,13,23H,1-2H2. The number of nitrogens with zero attached hydrogens (tertiary/aromatic N) is 4. The van der Waals surface area contributed by atoms with Crippen LogP contribution in [-0.2, 0) is 0 Å². The zero-order chi connectivity index (χ0) is 18.5. The van der Waals surface area contributed by atoms with E-state index in [9.17, 15) is 17.6 Å². The highest BCUT2D eigenvalue weighted by molar-refractivity contribution is 7.97. The Morgan fingerprint density at radius 1 is 1.27 bits per heavy atom. The van der Waals surface area contributed by atoms with Crippen molar-refractivity contribution in [1.82, 2.24) is 24.3 Å². The van der Waals surface area contributed by atoms with Crippen LogP contribution in [-0.4, -0.2) is 31.5 Å². The third kappa shape index (κ3) is 3.17. The molecule has 0 bridgehead atoms. The second-order valence-corrected chi connectivity index (χ2v) is 8.06. The Kier molecular flexibility index (Phi) is 4.58. The van der Waals surface area contributed by atoms with E-state index in [1.807, 2.05) is 0 Å². The summed E-state index contributed by atoms with van der Waals surface area (Å²) in [7, 11) is 0. The van der Waals surface area contributed by atoms with Crippen LogP contribution in [0.15, 0.2) is 23.4 Å². The molecule has 1 saturated carbocycles. The Morgan fingerprint density at radius 3 is 2.65 bits per heavy atom. The average Bonchev–Trinajstić information content (AvgIpc) is 3.03. The second kappa shape index (κ2) is 6.63. The zero-order valence-electron chi connectivity index (χ0n) is 12.8. The first-order valence-corrected chi connectivity index (χ1v) is 9.41. The number of hydrogen-bond donors (Lipinski definition) is 1. The molecular formula is C14H10ClF4N5S2. The number of fused-ring (bicyclic) bond motifs is 1. The first-order valence-electron chi connectivity index (χ1n) is 7.40. The molecule has 1 N–H and O–H groups in total. The van der Waals surface area contributed by atoms with E-state index in [0.717, 1.165) is 23.3 Å². The van der Waals surface area contributed by atoms with E-state index in [4.69, 9.17) is 11.6 Å². The minimum absolute atomic E-state index is 0.220. The van der Waals surface area contributed by atoms with Crippen LogP contribution in [0, 0.1) is 0 Å². The minimum Gasteiger partial charge on any atom is -0.295 e. The lowest BCUT2D eigenvalue weighted by molar-refractivity contribution is 0.0985. The number of aromatic nitrogens is 4. The number of rotatable bonds is 6. The molecule has 1 aliphatic rings. The maximum Gasteiger partial charge on any atom is 0.291 e. The van der Waals surface area contributed by atoms with Crippen molar-refractivity contribution in [3.05, 3.63) is 28.5 Å². The summed E-state index contributed by atoms with van der Waals surface area (Å²) < 4.78 is 55.9. The predicted molar refractivity (Wildman–Crippen MR) is 91.0 cm³/mol. The summed E-state index contributed by atoms with van der Waals surface area (Å²) in [5.41, 5.74) is -0.607. The maximum atomic E-state index is 13.0. The van der Waals surface area contributed by atoms with Gasteiger partial charge in [-0.05, 0) is 30.9 Å². The van der Waals surface area contributed by atoms with Crippen LogP contribution in [0.25, 0.3) is 16.3 Å². The summed E-state index contributed by atoms with van der Waals surface area (Å²) in [6.07, 6.45) is -1.21. The first-order chi connectivity index (χ1) is 12.4. The van der Waals surface area contributed by atoms with Gasteiger partial charge in [-0.15, -0.1) is 10.2 Å². The number of hydrogen-bond acceptors (Lipinski definition) is 6. The van der Waals surface area contributed by atoms with E-state index < -0.39 is 23.4 Å². The first kappa shape index (κ1) is 18.0. The molecule has 0 radical (unpaired) electrons. The lowest BCUT2D eigenvalue weighted by atomic mass is 10.3. The summed E-state index contributed by atoms with van der Waals surface area (Å²) in [6, 6.07) is 1.63. The van der Waals surface area contributed by atoms with Gasteiger partial charge in [0, 0.05) is 11.1 Å². The third-order valence-corrected chi connectivity index (χ3v) is 6.16. The monoisotopic (exact) mass is 423 g/mol. The summed E-state index contributed by atoms with van der Waals surface area (Å²) in [5, 5.41) is 7.38. The molecule has 12 heteroatoms. The molecule has 138 valence electrons. The van der Waals surface area contributed by atoms with Crippen molar-refractivity contribution in [3.8, 4) is 10.8 Å². The van der Waals surface area contributed by atoms with Crippen LogP contribution < -0.4 is 4.72 Å². The van der Waals surface area contributed by atoms with E-state index in [1.54, 1.807) is 16.7 Å². The molecule has 26 heavy (non-hydrogen) atoms. The Hall–Kier alpha value is -1.43. The molecule has 3 heterocycles. The number of nitrogens with one attached hydrogen (secondary N) is 1. The van der Waals surface area contributed by atoms with Gasteiger partial charge >= 0.3 is 0 Å². The van der Waals surface area contributed by atoms with Crippen LogP contribution in [0.2, 0.25) is 5.02 Å². The minimum atomic E-state index is -2.71. The fourth-order valence-electron chi connectivity index (χ4n) is 2.32. The molecule has 0 unspecified atom stereocenters. The molecule has 1 aliphatic carbocycles. The SMILES string of the molecule is FC(F)c1nnc(-c2ncc3c(Cl)cc(SNC4(C(F)F)CC4)cn23)s1. The van der Waals surface area contributed by atoms with Crippen LogP contribution >= 0.6 is 34.9 Å². The quantitative estimate of drug-likeness (QED) is 0.454. The molecule has 3 aromatic rings. The molecule has 4 rings (SSSR count). The van der Waals surface area contributed by atoms with E-state index in [0.29, 0.717) is 34.1 Å². The van der Waals surface area contributed by atoms with Gasteiger partial charge in [0.2, 0.25) is 0 Å². The number of imidazole rings is 1. The topological polar surface area (TPSA) is 55.1 Å². The number of alkyl halides is 4. The molecule has 0 saturated heterocycles. The van der Waals surface area contributed by atoms with Crippen molar-refractivity contribution in [1.29, 1.82) is 0 Å². The molecule has 0 spiro atoms. The van der Waals surface area contributed by atoms with Gasteiger partial charge < -0.3 is 0 Å². The molecule has 0 aliphatic heterocycles. The largest absolute Gasteiger partial charge is 0.295 e. The molecule has 3 aromatic heterocycles. The molecule has 0 amide bonds. The Morgan fingerprint density at radius 2 is 2.04 bits per heavy atom. The Balaban J connectivity index is 1.66. The van der Waals surface area contributed by atoms with Crippen LogP contribution in [0.4, 0.5) is 17.6 Å². The van der Waals surface area contributed by atoms with Gasteiger partial charge in [0.15, 0.2) is 15.8 Å². The van der Waals surface area contributed by atoms with Gasteiger partial charge in [0.1, 0.15) is 0 Å². The van der Waals surface area contributed by atoms with Gasteiger partial charge in [-0.2, -0.15) is 0 Å². The van der Waals surface area contributed by atoms with Crippen molar-refractivity contribution in [2.24, 2.45) is 0 Å². The highest BCUT2D eigenvalue weighted by Crippen LogP contribution is 2.43. The van der Waals surface area contributed by atoms with Gasteiger partial charge in [-0.25, -0.2) is 27.3 Å². The lowest BCUT2D eigenvalue weighted by Gasteiger charge is -2.15. The summed E-state index contributed by atoms with van der Waals surface area (Å²) in [4.78, 5) is 4.77. The molecule has 0 atom stereocenters. The highest BCUT2D eigenvalue weighted by atomic mass is 35.5. The molecule has 5 nitrogen and oxygen atoms in total. The number of halogens is 5. The molecular weight excluding hydrogens is 414 g/mol. The van der Waals surface area contributed by atoms with E-state index in [2.05, 4.69) is 19.9 Å². The predicted octanol–water partition coefficient (Wildman–Crippen LogP) is 4.84. The maximum absolute atomic E-state index is 13.0. The second-order valence-electron chi connectivity index (χ2n) is 5.77. The zero-order valence-corrected chi connectivity index (χ0v) is 15.2. The van der Waals surface area contributed by atoms with Crippen molar-refractivity contribution < 1.29 is 17.6 Å². The highest BCUT2D eigenvalue weighted by Gasteiger charge is 2.51. The average molecular weight is 424 g/mol. The Bertz CT molecular complexity index is 956. The van der Waals surface area contributed by atoms with Crippen LogP contribution in [0.3, 0.4) is 0 Å². The van der Waals surface area contributed by atoms with Crippen molar-refractivity contribution >= 4 is 40.4 Å². The van der Waals surface area contributed by atoms with Gasteiger partial charge in [0.25, 0.3) is 12.9 Å². The van der Waals surface area contributed by atoms with Crippen LogP contribution in [0.5, 0.6) is 0 Å². The molecule has 0 aromatic carbocycles. The normalized spacial score (nSPS) is 16.1. The smallest absolute Gasteiger partial charge is 0.291 e. The lowest BCUT2D eigenvalue weighted by Crippen LogP contribution is -2.33. The van der Waals surface area contributed by atoms with Crippen molar-refractivity contribution in [2.45, 2.75) is 36.1 Å². The van der Waals surface area contributed by atoms with Gasteiger partial charge in [0.05, 0.1) is 22.3 Å². The van der Waals surface area contributed by atoms with Gasteiger partial charge in [-0.1, -0.05) is 22.9 Å². The van der Waals surface area contributed by atoms with Crippen molar-refractivity contribution in [2.75, 3.05) is 0 Å². The Labute approximate surface area is 157 Å². The molecule has 1 fully saturated rings. The number of pyridine rings is 1. The fourth-order valence-corrected chi connectivity index (χ4v) is 4.28. The summed E-state index contributed by atoms with van der Waals surface area (Å²) in [6.45, 7) is 0. The van der Waals surface area contributed by atoms with Crippen LogP contribution in [0.1, 0.15) is 24.3 Å². The summed E-state index contributed by atoms with van der Waals surface area (Å²) in [5.74, 6) is 0.309. The summed E-state index contributed by atoms with van der Waals surface area (Å²) >= 11 is 8.03. The fraction of sp³-hybridized carbons (Fsp3) is 0.357. The third-order valence-electron chi connectivity index (χ3n) is 3.96. The van der Waals surface area contributed by atoms with Gasteiger partial charge in [-0.3, -0.25) is 4.40 Å².